The fraction of sp³-hybridized carbons (Fsp3) is 0.294. The Kier molecular flexibility index (Phi) is 4.13. The molecule has 0 aliphatic rings. The first-order chi connectivity index (χ1) is 9.94. The predicted molar refractivity (Wildman–Crippen MR) is 80.7 cm³/mol. The highest BCUT2D eigenvalue weighted by Crippen LogP contribution is 2.36. The molecule has 0 atom stereocenters. The van der Waals surface area contributed by atoms with E-state index in [9.17, 15) is 0 Å². The van der Waals surface area contributed by atoms with Crippen LogP contribution in [0.5, 0.6) is 17.4 Å². The van der Waals surface area contributed by atoms with Gasteiger partial charge in [-0.15, -0.1) is 0 Å². The number of aromatic nitrogens is 1. The highest BCUT2D eigenvalue weighted by atomic mass is 16.5. The molecule has 0 N–H and O–H groups in total. The van der Waals surface area contributed by atoms with Crippen LogP contribution in [0.3, 0.4) is 0 Å². The minimum absolute atomic E-state index is 0.100. The summed E-state index contributed by atoms with van der Waals surface area (Å²) in [5.74, 6) is 1.90. The van der Waals surface area contributed by atoms with Gasteiger partial charge in [-0.1, -0.05) is 26.8 Å². The van der Waals surface area contributed by atoms with Gasteiger partial charge in [-0.2, -0.15) is 5.26 Å². The Hall–Kier alpha value is -2.54. The van der Waals surface area contributed by atoms with Crippen molar-refractivity contribution in [2.75, 3.05) is 7.11 Å². The van der Waals surface area contributed by atoms with Crippen molar-refractivity contribution < 1.29 is 9.47 Å². The average Bonchev–Trinajstić information content (AvgIpc) is 2.46. The Morgan fingerprint density at radius 1 is 1.14 bits per heavy atom. The second-order valence-corrected chi connectivity index (χ2v) is 5.69. The van der Waals surface area contributed by atoms with Crippen LogP contribution >= 0.6 is 0 Å². The first-order valence-corrected chi connectivity index (χ1v) is 6.67. The summed E-state index contributed by atoms with van der Waals surface area (Å²) < 4.78 is 11.1. The van der Waals surface area contributed by atoms with Crippen LogP contribution in [0.1, 0.15) is 32.0 Å². The van der Waals surface area contributed by atoms with E-state index in [0.29, 0.717) is 17.3 Å². The molecule has 1 aromatic heterocycles. The average molecular weight is 282 g/mol. The molecule has 0 bridgehead atoms. The van der Waals surface area contributed by atoms with E-state index < -0.39 is 0 Å². The number of pyridine rings is 1. The van der Waals surface area contributed by atoms with E-state index in [4.69, 9.17) is 14.7 Å². The van der Waals surface area contributed by atoms with Crippen molar-refractivity contribution in [3.63, 3.8) is 0 Å². The summed E-state index contributed by atoms with van der Waals surface area (Å²) in [4.78, 5) is 4.14. The minimum Gasteiger partial charge on any atom is -0.497 e. The number of ether oxygens (including phenoxy) is 2. The van der Waals surface area contributed by atoms with E-state index in [-0.39, 0.29) is 5.41 Å². The van der Waals surface area contributed by atoms with Crippen molar-refractivity contribution in [1.29, 1.82) is 5.26 Å². The topological polar surface area (TPSA) is 55.1 Å². The van der Waals surface area contributed by atoms with Gasteiger partial charge in [0.2, 0.25) is 5.88 Å². The SMILES string of the molecule is COc1ccc(Oc2cccc(C#N)n2)c(C(C)(C)C)c1. The van der Waals surface area contributed by atoms with E-state index in [1.54, 1.807) is 25.3 Å². The first-order valence-electron chi connectivity index (χ1n) is 6.67. The molecule has 0 radical (unpaired) electrons. The molecule has 1 heterocycles. The second kappa shape index (κ2) is 5.84. The Morgan fingerprint density at radius 3 is 2.52 bits per heavy atom. The third-order valence-corrected chi connectivity index (χ3v) is 3.05. The second-order valence-electron chi connectivity index (χ2n) is 5.69. The largest absolute Gasteiger partial charge is 0.497 e. The van der Waals surface area contributed by atoms with Crippen molar-refractivity contribution in [1.82, 2.24) is 4.98 Å². The third kappa shape index (κ3) is 3.51. The Balaban J connectivity index is 2.41. The number of methoxy groups -OCH3 is 1. The zero-order valence-electron chi connectivity index (χ0n) is 12.7. The smallest absolute Gasteiger partial charge is 0.220 e. The third-order valence-electron chi connectivity index (χ3n) is 3.05. The van der Waals surface area contributed by atoms with Crippen molar-refractivity contribution in [3.8, 4) is 23.4 Å². The monoisotopic (exact) mass is 282 g/mol. The first kappa shape index (κ1) is 14.9. The van der Waals surface area contributed by atoms with Crippen LogP contribution in [0.15, 0.2) is 36.4 Å². The lowest BCUT2D eigenvalue weighted by Gasteiger charge is -2.23. The van der Waals surface area contributed by atoms with Gasteiger partial charge in [0.25, 0.3) is 0 Å². The molecular weight excluding hydrogens is 264 g/mol. The molecule has 0 spiro atoms. The normalized spacial score (nSPS) is 10.8. The molecule has 0 amide bonds. The van der Waals surface area contributed by atoms with Crippen molar-refractivity contribution in [2.45, 2.75) is 26.2 Å². The van der Waals surface area contributed by atoms with E-state index >= 15 is 0 Å². The molecular formula is C17H18N2O2. The highest BCUT2D eigenvalue weighted by molar-refractivity contribution is 5.45. The van der Waals surface area contributed by atoms with Crippen LogP contribution in [-0.2, 0) is 5.41 Å². The van der Waals surface area contributed by atoms with Gasteiger partial charge >= 0.3 is 0 Å². The maximum absolute atomic E-state index is 8.90. The lowest BCUT2D eigenvalue weighted by molar-refractivity contribution is 0.405. The molecule has 0 saturated carbocycles. The van der Waals surface area contributed by atoms with Crippen LogP contribution in [0.2, 0.25) is 0 Å². The number of nitrogens with zero attached hydrogens (tertiary/aromatic N) is 2. The lowest BCUT2D eigenvalue weighted by Crippen LogP contribution is -2.13. The number of nitriles is 1. The van der Waals surface area contributed by atoms with Crippen molar-refractivity contribution in [3.05, 3.63) is 47.7 Å². The fourth-order valence-corrected chi connectivity index (χ4v) is 1.96. The summed E-state index contributed by atoms with van der Waals surface area (Å²) in [6.07, 6.45) is 0. The zero-order chi connectivity index (χ0) is 15.5. The van der Waals surface area contributed by atoms with Crippen molar-refractivity contribution >= 4 is 0 Å². The van der Waals surface area contributed by atoms with Crippen LogP contribution in [-0.4, -0.2) is 12.1 Å². The molecule has 0 aliphatic carbocycles. The number of hydrogen-bond donors (Lipinski definition) is 0. The summed E-state index contributed by atoms with van der Waals surface area (Å²) in [7, 11) is 1.64. The number of benzene rings is 1. The van der Waals surface area contributed by atoms with E-state index in [2.05, 4.69) is 25.8 Å². The fourth-order valence-electron chi connectivity index (χ4n) is 1.96. The maximum atomic E-state index is 8.90. The maximum Gasteiger partial charge on any atom is 0.220 e. The van der Waals surface area contributed by atoms with Crippen molar-refractivity contribution in [2.24, 2.45) is 0 Å². The van der Waals surface area contributed by atoms with Gasteiger partial charge in [0, 0.05) is 11.6 Å². The van der Waals surface area contributed by atoms with E-state index in [0.717, 1.165) is 11.3 Å². The molecule has 0 fully saturated rings. The molecule has 2 rings (SSSR count). The van der Waals surface area contributed by atoms with E-state index in [1.165, 1.54) is 0 Å². The van der Waals surface area contributed by atoms with Gasteiger partial charge in [-0.3, -0.25) is 0 Å². The van der Waals surface area contributed by atoms with Crippen LogP contribution in [0.4, 0.5) is 0 Å². The summed E-state index contributed by atoms with van der Waals surface area (Å²) in [6, 6.07) is 12.8. The molecule has 0 aliphatic heterocycles. The highest BCUT2D eigenvalue weighted by Gasteiger charge is 2.20. The summed E-state index contributed by atoms with van der Waals surface area (Å²) in [5.41, 5.74) is 1.25. The summed E-state index contributed by atoms with van der Waals surface area (Å²) >= 11 is 0. The molecule has 4 heteroatoms. The van der Waals surface area contributed by atoms with Gasteiger partial charge in [-0.25, -0.2) is 4.98 Å². The van der Waals surface area contributed by atoms with Gasteiger partial charge < -0.3 is 9.47 Å². The quantitative estimate of drug-likeness (QED) is 0.852. The van der Waals surface area contributed by atoms with Crippen LogP contribution in [0, 0.1) is 11.3 Å². The molecule has 2 aromatic rings. The summed E-state index contributed by atoms with van der Waals surface area (Å²) in [5, 5.41) is 8.90. The lowest BCUT2D eigenvalue weighted by atomic mass is 9.86. The molecule has 0 saturated heterocycles. The van der Waals surface area contributed by atoms with Gasteiger partial charge in [0.1, 0.15) is 23.3 Å². The molecule has 1 aromatic carbocycles. The molecule has 0 unspecified atom stereocenters. The van der Waals surface area contributed by atoms with E-state index in [1.807, 2.05) is 24.3 Å². The van der Waals surface area contributed by atoms with Gasteiger partial charge in [-0.05, 0) is 29.7 Å². The molecule has 21 heavy (non-hydrogen) atoms. The van der Waals surface area contributed by atoms with Gasteiger partial charge in [0.15, 0.2) is 0 Å². The Morgan fingerprint density at radius 2 is 1.90 bits per heavy atom. The van der Waals surface area contributed by atoms with Crippen LogP contribution in [0.25, 0.3) is 0 Å². The predicted octanol–water partition coefficient (Wildman–Crippen LogP) is 4.05. The zero-order valence-corrected chi connectivity index (χ0v) is 12.7. The standard InChI is InChI=1S/C17H18N2O2/c1-17(2,3)14-10-13(20-4)8-9-15(14)21-16-7-5-6-12(11-18)19-16/h5-10H,1-4H3. The Labute approximate surface area is 125 Å². The van der Waals surface area contributed by atoms with Crippen LogP contribution < -0.4 is 9.47 Å². The Bertz CT molecular complexity index is 682. The number of rotatable bonds is 3. The minimum atomic E-state index is -0.100. The molecule has 4 nitrogen and oxygen atoms in total. The summed E-state index contributed by atoms with van der Waals surface area (Å²) in [6.45, 7) is 6.31. The van der Waals surface area contributed by atoms with Gasteiger partial charge in [0.05, 0.1) is 7.11 Å². The number of hydrogen-bond acceptors (Lipinski definition) is 4. The molecule has 108 valence electrons.